The molecule has 0 fully saturated rings. The van der Waals surface area contributed by atoms with Crippen LogP contribution in [-0.2, 0) is 19.6 Å². The summed E-state index contributed by atoms with van der Waals surface area (Å²) in [4.78, 5) is 10.9. The van der Waals surface area contributed by atoms with E-state index in [1.807, 2.05) is 30.3 Å². The molecule has 21 heavy (non-hydrogen) atoms. The fourth-order valence-corrected chi connectivity index (χ4v) is 2.78. The summed E-state index contributed by atoms with van der Waals surface area (Å²) >= 11 is 0. The lowest BCUT2D eigenvalue weighted by Gasteiger charge is -2.17. The Morgan fingerprint density at radius 1 is 1.24 bits per heavy atom. The molecule has 0 spiro atoms. The molecule has 0 aliphatic carbocycles. The summed E-state index contributed by atoms with van der Waals surface area (Å²) in [5.74, 6) is 0.221. The lowest BCUT2D eigenvalue weighted by molar-refractivity contribution is -0.140. The van der Waals surface area contributed by atoms with E-state index in [2.05, 4.69) is 4.74 Å². The van der Waals surface area contributed by atoms with Gasteiger partial charge in [0.2, 0.25) is 10.0 Å². The lowest BCUT2D eigenvalue weighted by Crippen LogP contribution is -2.33. The van der Waals surface area contributed by atoms with E-state index in [1.54, 1.807) is 0 Å². The van der Waals surface area contributed by atoms with Gasteiger partial charge in [-0.05, 0) is 18.6 Å². The molecule has 0 N–H and O–H groups in total. The van der Waals surface area contributed by atoms with Gasteiger partial charge in [-0.15, -0.1) is 0 Å². The summed E-state index contributed by atoms with van der Waals surface area (Å²) in [6.45, 7) is 0.534. The molecule has 118 valence electrons. The van der Waals surface area contributed by atoms with Gasteiger partial charge in [-0.1, -0.05) is 18.2 Å². The molecule has 0 saturated carbocycles. The maximum Gasteiger partial charge on any atom is 0.305 e. The molecule has 0 aliphatic rings. The molecule has 7 heteroatoms. The van der Waals surface area contributed by atoms with Crippen molar-refractivity contribution in [3.8, 4) is 5.75 Å². The highest BCUT2D eigenvalue weighted by molar-refractivity contribution is 7.89. The standard InChI is InChI=1S/C14H21NO5S/c1-15(10-11-20-13-7-4-3-5-8-13)21(17,18)12-6-9-14(16)19-2/h3-5,7-8H,6,9-12H2,1-2H3. The first kappa shape index (κ1) is 17.5. The lowest BCUT2D eigenvalue weighted by atomic mass is 10.3. The van der Waals surface area contributed by atoms with Crippen LogP contribution in [0.15, 0.2) is 30.3 Å². The van der Waals surface area contributed by atoms with Crippen LogP contribution in [0.3, 0.4) is 0 Å². The highest BCUT2D eigenvalue weighted by atomic mass is 32.2. The van der Waals surface area contributed by atoms with Crippen LogP contribution < -0.4 is 4.74 Å². The number of nitrogens with zero attached hydrogens (tertiary/aromatic N) is 1. The third kappa shape index (κ3) is 6.59. The molecule has 6 nitrogen and oxygen atoms in total. The molecule has 0 radical (unpaired) electrons. The average Bonchev–Trinajstić information content (AvgIpc) is 2.47. The minimum absolute atomic E-state index is 0.0794. The van der Waals surface area contributed by atoms with Crippen LogP contribution >= 0.6 is 0 Å². The first-order valence-corrected chi connectivity index (χ1v) is 8.25. The van der Waals surface area contributed by atoms with E-state index in [9.17, 15) is 13.2 Å². The van der Waals surface area contributed by atoms with Crippen molar-refractivity contribution in [2.45, 2.75) is 12.8 Å². The fourth-order valence-electron chi connectivity index (χ4n) is 1.60. The molecule has 0 bridgehead atoms. The Hall–Kier alpha value is -1.60. The predicted octanol–water partition coefficient (Wildman–Crippen LogP) is 1.28. The van der Waals surface area contributed by atoms with Crippen LogP contribution in [0.2, 0.25) is 0 Å². The van der Waals surface area contributed by atoms with Gasteiger partial charge in [-0.25, -0.2) is 12.7 Å². The number of sulfonamides is 1. The molecular formula is C14H21NO5S. The Morgan fingerprint density at radius 2 is 1.90 bits per heavy atom. The molecule has 0 amide bonds. The smallest absolute Gasteiger partial charge is 0.305 e. The number of hydrogen-bond acceptors (Lipinski definition) is 5. The Balaban J connectivity index is 2.32. The first-order chi connectivity index (χ1) is 9.95. The maximum atomic E-state index is 12.0. The molecule has 0 heterocycles. The van der Waals surface area contributed by atoms with Crippen LogP contribution in [0.4, 0.5) is 0 Å². The van der Waals surface area contributed by atoms with Gasteiger partial charge in [0, 0.05) is 20.0 Å². The number of benzene rings is 1. The van der Waals surface area contributed by atoms with Gasteiger partial charge in [0.25, 0.3) is 0 Å². The van der Waals surface area contributed by atoms with Crippen molar-refractivity contribution in [2.24, 2.45) is 0 Å². The van der Waals surface area contributed by atoms with Gasteiger partial charge in [0.1, 0.15) is 12.4 Å². The Bertz CT molecular complexity index is 530. The van der Waals surface area contributed by atoms with Gasteiger partial charge in [0.05, 0.1) is 12.9 Å². The SMILES string of the molecule is COC(=O)CCCS(=O)(=O)N(C)CCOc1ccccc1. The van der Waals surface area contributed by atoms with Crippen molar-refractivity contribution in [3.63, 3.8) is 0 Å². The summed E-state index contributed by atoms with van der Waals surface area (Å²) in [6, 6.07) is 9.20. The van der Waals surface area contributed by atoms with E-state index in [0.717, 1.165) is 0 Å². The van der Waals surface area contributed by atoms with Crippen molar-refractivity contribution >= 4 is 16.0 Å². The summed E-state index contributed by atoms with van der Waals surface area (Å²) in [5.41, 5.74) is 0. The van der Waals surface area contributed by atoms with E-state index >= 15 is 0 Å². The van der Waals surface area contributed by atoms with Crippen LogP contribution in [0, 0.1) is 0 Å². The second-order valence-electron chi connectivity index (χ2n) is 4.48. The molecule has 1 aromatic rings. The molecule has 0 aliphatic heterocycles. The number of carbonyl (C=O) groups excluding carboxylic acids is 1. The largest absolute Gasteiger partial charge is 0.492 e. The van der Waals surface area contributed by atoms with E-state index in [0.29, 0.717) is 5.75 Å². The van der Waals surface area contributed by atoms with E-state index in [4.69, 9.17) is 4.74 Å². The number of likely N-dealkylation sites (N-methyl/N-ethyl adjacent to an activating group) is 1. The molecule has 0 atom stereocenters. The topological polar surface area (TPSA) is 72.9 Å². The molecule has 0 unspecified atom stereocenters. The van der Waals surface area contributed by atoms with Crippen molar-refractivity contribution < 1.29 is 22.7 Å². The third-order valence-electron chi connectivity index (χ3n) is 2.90. The zero-order valence-electron chi connectivity index (χ0n) is 12.3. The minimum Gasteiger partial charge on any atom is -0.492 e. The molecule has 1 aromatic carbocycles. The molecule has 1 rings (SSSR count). The summed E-state index contributed by atoms with van der Waals surface area (Å²) in [6.07, 6.45) is 0.350. The van der Waals surface area contributed by atoms with Crippen molar-refractivity contribution in [1.82, 2.24) is 4.31 Å². The second kappa shape index (κ2) is 8.63. The van der Waals surface area contributed by atoms with Crippen molar-refractivity contribution in [1.29, 1.82) is 0 Å². The number of para-hydroxylation sites is 1. The third-order valence-corrected chi connectivity index (χ3v) is 4.84. The predicted molar refractivity (Wildman–Crippen MR) is 79.6 cm³/mol. The van der Waals surface area contributed by atoms with Crippen molar-refractivity contribution in [3.05, 3.63) is 30.3 Å². The minimum atomic E-state index is -3.37. The van der Waals surface area contributed by atoms with E-state index < -0.39 is 16.0 Å². The number of hydrogen-bond donors (Lipinski definition) is 0. The van der Waals surface area contributed by atoms with Gasteiger partial charge in [-0.2, -0.15) is 0 Å². The van der Waals surface area contributed by atoms with Crippen LogP contribution in [0.25, 0.3) is 0 Å². The number of carbonyl (C=O) groups is 1. The van der Waals surface area contributed by atoms with Gasteiger partial charge in [0.15, 0.2) is 0 Å². The maximum absolute atomic E-state index is 12.0. The number of rotatable bonds is 9. The van der Waals surface area contributed by atoms with Crippen molar-refractivity contribution in [2.75, 3.05) is 33.1 Å². The molecular weight excluding hydrogens is 294 g/mol. The highest BCUT2D eigenvalue weighted by Gasteiger charge is 2.18. The molecule has 0 saturated heterocycles. The zero-order chi connectivity index (χ0) is 15.7. The Morgan fingerprint density at radius 3 is 2.52 bits per heavy atom. The Kier molecular flexibility index (Phi) is 7.18. The summed E-state index contributed by atoms with van der Waals surface area (Å²) in [5, 5.41) is 0. The van der Waals surface area contributed by atoms with Gasteiger partial charge >= 0.3 is 5.97 Å². The summed E-state index contributed by atoms with van der Waals surface area (Å²) in [7, 11) is -0.590. The second-order valence-corrected chi connectivity index (χ2v) is 6.67. The summed E-state index contributed by atoms with van der Waals surface area (Å²) < 4.78 is 35.1. The van der Waals surface area contributed by atoms with Crippen LogP contribution in [0.1, 0.15) is 12.8 Å². The monoisotopic (exact) mass is 315 g/mol. The highest BCUT2D eigenvalue weighted by Crippen LogP contribution is 2.09. The Labute approximate surface area is 125 Å². The quantitative estimate of drug-likeness (QED) is 0.642. The number of methoxy groups -OCH3 is 1. The first-order valence-electron chi connectivity index (χ1n) is 6.64. The van der Waals surface area contributed by atoms with E-state index in [-0.39, 0.29) is 31.7 Å². The van der Waals surface area contributed by atoms with Crippen LogP contribution in [-0.4, -0.2) is 51.8 Å². The van der Waals surface area contributed by atoms with Gasteiger partial charge in [-0.3, -0.25) is 4.79 Å². The van der Waals surface area contributed by atoms with Crippen LogP contribution in [0.5, 0.6) is 5.75 Å². The number of ether oxygens (including phenoxy) is 2. The van der Waals surface area contributed by atoms with Gasteiger partial charge < -0.3 is 9.47 Å². The van der Waals surface area contributed by atoms with E-state index in [1.165, 1.54) is 18.5 Å². The molecule has 0 aromatic heterocycles. The fraction of sp³-hybridized carbons (Fsp3) is 0.500. The normalized spacial score (nSPS) is 11.4. The number of esters is 1. The average molecular weight is 315 g/mol. The zero-order valence-corrected chi connectivity index (χ0v) is 13.1.